The van der Waals surface area contributed by atoms with E-state index in [0.29, 0.717) is 16.3 Å². The van der Waals surface area contributed by atoms with Crippen molar-refractivity contribution in [1.82, 2.24) is 9.62 Å². The van der Waals surface area contributed by atoms with Crippen molar-refractivity contribution in [1.29, 1.82) is 0 Å². The maximum atomic E-state index is 14.2. The highest BCUT2D eigenvalue weighted by atomic mass is 35.5. The fraction of sp³-hybridized carbons (Fsp3) is 0.355. The summed E-state index contributed by atoms with van der Waals surface area (Å²) in [6, 6.07) is 18.3. The highest BCUT2D eigenvalue weighted by Gasteiger charge is 2.54. The molecule has 0 spiro atoms. The molecule has 0 bridgehead atoms. The summed E-state index contributed by atoms with van der Waals surface area (Å²) in [5.41, 5.74) is 2.32. The molecule has 0 aliphatic carbocycles. The monoisotopic (exact) mass is 598 g/mol. The predicted molar refractivity (Wildman–Crippen MR) is 157 cm³/mol. The maximum absolute atomic E-state index is 14.2. The Morgan fingerprint density at radius 3 is 2.10 bits per heavy atom. The third-order valence-corrected chi connectivity index (χ3v) is 9.54. The Morgan fingerprint density at radius 2 is 1.56 bits per heavy atom. The summed E-state index contributed by atoms with van der Waals surface area (Å²) in [4.78, 5) is 26.7. The fourth-order valence-corrected chi connectivity index (χ4v) is 7.03. The molecule has 0 aromatic heterocycles. The molecule has 0 saturated carbocycles. The smallest absolute Gasteiger partial charge is 0.310 e. The van der Waals surface area contributed by atoms with Crippen LogP contribution in [0.2, 0.25) is 5.02 Å². The van der Waals surface area contributed by atoms with E-state index in [0.717, 1.165) is 15.4 Å². The molecule has 3 aromatic rings. The number of nitrogens with one attached hydrogen (secondary N) is 1. The van der Waals surface area contributed by atoms with Crippen molar-refractivity contribution in [2.45, 2.75) is 56.1 Å². The van der Waals surface area contributed by atoms with Gasteiger partial charge in [0.15, 0.2) is 0 Å². The Hall–Kier alpha value is -3.40. The van der Waals surface area contributed by atoms with E-state index in [1.165, 1.54) is 31.4 Å². The summed E-state index contributed by atoms with van der Waals surface area (Å²) in [5.74, 6) is -1.32. The van der Waals surface area contributed by atoms with E-state index in [1.807, 2.05) is 36.4 Å². The zero-order valence-corrected chi connectivity index (χ0v) is 25.3. The van der Waals surface area contributed by atoms with Crippen LogP contribution in [0, 0.1) is 5.92 Å². The number of hydrogen-bond acceptors (Lipinski definition) is 6. The minimum atomic E-state index is -4.26. The number of rotatable bonds is 8. The largest absolute Gasteiger partial charge is 0.497 e. The van der Waals surface area contributed by atoms with Crippen LogP contribution in [0.25, 0.3) is 0 Å². The number of nitrogens with zero attached hydrogens (tertiary/aromatic N) is 1. The maximum Gasteiger partial charge on any atom is 0.310 e. The number of carbonyl (C=O) groups is 2. The molecule has 3 atom stereocenters. The molecule has 1 saturated heterocycles. The lowest BCUT2D eigenvalue weighted by Gasteiger charge is -2.30. The first-order chi connectivity index (χ1) is 19.4. The Kier molecular flexibility index (Phi) is 9.11. The Bertz CT molecular complexity index is 1480. The minimum absolute atomic E-state index is 0.0309. The van der Waals surface area contributed by atoms with Gasteiger partial charge < -0.3 is 14.8 Å². The molecule has 1 amide bonds. The third kappa shape index (κ3) is 6.58. The van der Waals surface area contributed by atoms with Gasteiger partial charge in [0.1, 0.15) is 11.8 Å². The van der Waals surface area contributed by atoms with Crippen LogP contribution in [0.4, 0.5) is 0 Å². The molecule has 1 fully saturated rings. The van der Waals surface area contributed by atoms with Crippen LogP contribution in [0.5, 0.6) is 5.75 Å². The third-order valence-electron chi connectivity index (χ3n) is 7.38. The molecule has 1 aliphatic rings. The van der Waals surface area contributed by atoms with Gasteiger partial charge >= 0.3 is 5.97 Å². The van der Waals surface area contributed by atoms with Gasteiger partial charge in [-0.15, -0.1) is 0 Å². The summed E-state index contributed by atoms with van der Waals surface area (Å²) in [5, 5.41) is 3.24. The SMILES string of the molecule is COC(=O)C1CC(C(=O)NCc2ccc(OC)cc2)N(S(=O)(=O)c2ccc(Cl)cc2)C1c1ccc(C(C)(C)C)cc1. The molecule has 1 N–H and O–H groups in total. The Morgan fingerprint density at radius 1 is 0.951 bits per heavy atom. The molecule has 3 unspecified atom stereocenters. The van der Waals surface area contributed by atoms with E-state index in [9.17, 15) is 18.0 Å². The fourth-order valence-electron chi connectivity index (χ4n) is 5.10. The first-order valence-corrected chi connectivity index (χ1v) is 15.1. The summed E-state index contributed by atoms with van der Waals surface area (Å²) in [6.45, 7) is 6.40. The van der Waals surface area contributed by atoms with Gasteiger partial charge in [0, 0.05) is 11.6 Å². The molecule has 1 heterocycles. The van der Waals surface area contributed by atoms with Crippen molar-refractivity contribution in [2.75, 3.05) is 14.2 Å². The number of methoxy groups -OCH3 is 2. The van der Waals surface area contributed by atoms with Crippen LogP contribution >= 0.6 is 11.6 Å². The normalized spacial score (nSPS) is 19.5. The number of ether oxygens (including phenoxy) is 2. The van der Waals surface area contributed by atoms with Gasteiger partial charge in [0.25, 0.3) is 0 Å². The average molecular weight is 599 g/mol. The van der Waals surface area contributed by atoms with E-state index in [-0.39, 0.29) is 23.3 Å². The van der Waals surface area contributed by atoms with Gasteiger partial charge in [-0.05, 0) is 64.9 Å². The lowest BCUT2D eigenvalue weighted by Crippen LogP contribution is -2.46. The van der Waals surface area contributed by atoms with E-state index < -0.39 is 39.9 Å². The topological polar surface area (TPSA) is 102 Å². The summed E-state index contributed by atoms with van der Waals surface area (Å²) < 4.78 is 39.9. The van der Waals surface area contributed by atoms with E-state index in [4.69, 9.17) is 21.1 Å². The molecular formula is C31H35ClN2O6S. The van der Waals surface area contributed by atoms with Crippen molar-refractivity contribution >= 4 is 33.5 Å². The van der Waals surface area contributed by atoms with Crippen molar-refractivity contribution in [3.8, 4) is 5.75 Å². The summed E-state index contributed by atoms with van der Waals surface area (Å²) >= 11 is 6.04. The molecule has 4 rings (SSSR count). The molecule has 41 heavy (non-hydrogen) atoms. The van der Waals surface area contributed by atoms with E-state index in [1.54, 1.807) is 19.2 Å². The molecular weight excluding hydrogens is 564 g/mol. The average Bonchev–Trinajstić information content (AvgIpc) is 3.37. The van der Waals surface area contributed by atoms with Gasteiger partial charge in [0.05, 0.1) is 31.1 Å². The second-order valence-corrected chi connectivity index (χ2v) is 13.3. The number of hydrogen-bond donors (Lipinski definition) is 1. The highest BCUT2D eigenvalue weighted by molar-refractivity contribution is 7.89. The first-order valence-electron chi connectivity index (χ1n) is 13.2. The van der Waals surface area contributed by atoms with Gasteiger partial charge in [-0.1, -0.05) is 68.8 Å². The number of carbonyl (C=O) groups excluding carboxylic acids is 2. The molecule has 3 aromatic carbocycles. The lowest BCUT2D eigenvalue weighted by molar-refractivity contribution is -0.146. The van der Waals surface area contributed by atoms with E-state index in [2.05, 4.69) is 26.1 Å². The molecule has 218 valence electrons. The van der Waals surface area contributed by atoms with Crippen molar-refractivity contribution in [3.05, 3.63) is 94.5 Å². The van der Waals surface area contributed by atoms with Crippen molar-refractivity contribution in [3.63, 3.8) is 0 Å². The Labute approximate surface area is 246 Å². The predicted octanol–water partition coefficient (Wildman–Crippen LogP) is 5.26. The van der Waals surface area contributed by atoms with Crippen LogP contribution in [0.15, 0.2) is 77.7 Å². The number of amides is 1. The summed E-state index contributed by atoms with van der Waals surface area (Å²) in [7, 11) is -1.43. The Balaban J connectivity index is 1.77. The zero-order valence-electron chi connectivity index (χ0n) is 23.8. The van der Waals surface area contributed by atoms with Gasteiger partial charge in [-0.25, -0.2) is 8.42 Å². The van der Waals surface area contributed by atoms with Crippen molar-refractivity contribution in [2.24, 2.45) is 5.92 Å². The number of esters is 1. The quantitative estimate of drug-likeness (QED) is 0.355. The minimum Gasteiger partial charge on any atom is -0.497 e. The zero-order chi connectivity index (χ0) is 29.9. The van der Waals surface area contributed by atoms with Crippen LogP contribution in [0.3, 0.4) is 0 Å². The standard InChI is InChI=1S/C31H35ClN2O6S/c1-31(2,3)22-10-8-21(9-11-22)28-26(30(36)40-5)18-27(29(35)33-19-20-6-14-24(39-4)15-7-20)34(28)41(37,38)25-16-12-23(32)13-17-25/h6-17,26-28H,18-19H2,1-5H3,(H,33,35). The van der Waals surface area contributed by atoms with Crippen molar-refractivity contribution < 1.29 is 27.5 Å². The second kappa shape index (κ2) is 12.2. The van der Waals surface area contributed by atoms with E-state index >= 15 is 0 Å². The van der Waals surface area contributed by atoms with Crippen LogP contribution in [0.1, 0.15) is 49.9 Å². The highest BCUT2D eigenvalue weighted by Crippen LogP contribution is 2.45. The molecule has 0 radical (unpaired) electrons. The number of benzene rings is 3. The van der Waals surface area contributed by atoms with Gasteiger partial charge in [-0.2, -0.15) is 4.31 Å². The van der Waals surface area contributed by atoms with Gasteiger partial charge in [0.2, 0.25) is 15.9 Å². The first kappa shape index (κ1) is 30.6. The van der Waals surface area contributed by atoms with Crippen LogP contribution in [-0.4, -0.2) is 44.9 Å². The van der Waals surface area contributed by atoms with Crippen LogP contribution < -0.4 is 10.1 Å². The summed E-state index contributed by atoms with van der Waals surface area (Å²) in [6.07, 6.45) is -0.0420. The molecule has 10 heteroatoms. The van der Waals surface area contributed by atoms with Gasteiger partial charge in [-0.3, -0.25) is 9.59 Å². The number of halogens is 1. The molecule has 8 nitrogen and oxygen atoms in total. The lowest BCUT2D eigenvalue weighted by atomic mass is 9.85. The van der Waals surface area contributed by atoms with Crippen LogP contribution in [-0.2, 0) is 36.3 Å². The molecule has 1 aliphatic heterocycles. The second-order valence-electron chi connectivity index (χ2n) is 11.1. The number of sulfonamides is 1.